The monoisotopic (exact) mass is 495 g/mol. The molecule has 0 amide bonds. The number of rotatable bonds is 6. The Hall–Kier alpha value is -3.01. The van der Waals surface area contributed by atoms with E-state index in [-0.39, 0.29) is 11.9 Å². The van der Waals surface area contributed by atoms with E-state index in [1.54, 1.807) is 20.9 Å². The van der Waals surface area contributed by atoms with Crippen molar-refractivity contribution in [3.8, 4) is 11.3 Å². The zero-order valence-electron chi connectivity index (χ0n) is 19.1. The number of halogens is 4. The maximum atomic E-state index is 13.0. The van der Waals surface area contributed by atoms with E-state index in [4.69, 9.17) is 16.3 Å². The van der Waals surface area contributed by atoms with Crippen LogP contribution in [0.3, 0.4) is 0 Å². The first-order valence-electron chi connectivity index (χ1n) is 10.8. The SMILES string of the molecule is CCOC(=O)C1CCN(c2nnc(-c3ccc(C(F)(F)F)cc3)c(/C(C)=C(\Cl)C=NC)n2)CC1. The smallest absolute Gasteiger partial charge is 0.416 e. The molecule has 1 aliphatic heterocycles. The van der Waals surface area contributed by atoms with Gasteiger partial charge in [0.05, 0.1) is 28.8 Å². The molecular weight excluding hydrogens is 471 g/mol. The van der Waals surface area contributed by atoms with Crippen molar-refractivity contribution < 1.29 is 22.7 Å². The average molecular weight is 496 g/mol. The highest BCUT2D eigenvalue weighted by Gasteiger charge is 2.31. The van der Waals surface area contributed by atoms with Crippen LogP contribution in [-0.2, 0) is 15.7 Å². The summed E-state index contributed by atoms with van der Waals surface area (Å²) in [5, 5.41) is 8.85. The lowest BCUT2D eigenvalue weighted by atomic mass is 9.97. The van der Waals surface area contributed by atoms with E-state index >= 15 is 0 Å². The summed E-state index contributed by atoms with van der Waals surface area (Å²) in [4.78, 5) is 22.5. The number of anilines is 1. The fourth-order valence-electron chi connectivity index (χ4n) is 3.62. The Morgan fingerprint density at radius 1 is 1.24 bits per heavy atom. The van der Waals surface area contributed by atoms with Crippen LogP contribution in [0.2, 0.25) is 0 Å². The van der Waals surface area contributed by atoms with Crippen molar-refractivity contribution in [1.82, 2.24) is 15.2 Å². The number of hydrogen-bond donors (Lipinski definition) is 0. The maximum absolute atomic E-state index is 13.0. The predicted octanol–water partition coefficient (Wildman–Crippen LogP) is 5.01. The summed E-state index contributed by atoms with van der Waals surface area (Å²) in [5.74, 6) is -0.0268. The van der Waals surface area contributed by atoms with Crippen molar-refractivity contribution in [1.29, 1.82) is 0 Å². The number of ether oxygens (including phenoxy) is 1. The summed E-state index contributed by atoms with van der Waals surface area (Å²) >= 11 is 6.36. The molecule has 1 aromatic heterocycles. The minimum absolute atomic E-state index is 0.174. The first kappa shape index (κ1) is 25.6. The van der Waals surface area contributed by atoms with E-state index < -0.39 is 11.7 Å². The summed E-state index contributed by atoms with van der Waals surface area (Å²) in [7, 11) is 1.57. The third-order valence-electron chi connectivity index (χ3n) is 5.51. The number of esters is 1. The van der Waals surface area contributed by atoms with Gasteiger partial charge in [0.15, 0.2) is 0 Å². The van der Waals surface area contributed by atoms with Gasteiger partial charge in [-0.1, -0.05) is 23.7 Å². The molecule has 3 rings (SSSR count). The molecule has 2 aromatic rings. The van der Waals surface area contributed by atoms with E-state index in [0.717, 1.165) is 12.1 Å². The second kappa shape index (κ2) is 10.9. The van der Waals surface area contributed by atoms with E-state index in [9.17, 15) is 18.0 Å². The molecule has 182 valence electrons. The highest BCUT2D eigenvalue weighted by Crippen LogP contribution is 2.33. The Morgan fingerprint density at radius 2 is 1.88 bits per heavy atom. The van der Waals surface area contributed by atoms with E-state index in [0.29, 0.717) is 66.0 Å². The van der Waals surface area contributed by atoms with Gasteiger partial charge in [-0.05, 0) is 44.4 Å². The van der Waals surface area contributed by atoms with Gasteiger partial charge < -0.3 is 9.64 Å². The Labute approximate surface area is 200 Å². The molecule has 0 N–H and O–H groups in total. The van der Waals surface area contributed by atoms with Gasteiger partial charge in [0.2, 0.25) is 5.95 Å². The summed E-state index contributed by atoms with van der Waals surface area (Å²) in [6, 6.07) is 4.64. The van der Waals surface area contributed by atoms with Gasteiger partial charge in [0.25, 0.3) is 0 Å². The van der Waals surface area contributed by atoms with E-state index in [2.05, 4.69) is 20.2 Å². The lowest BCUT2D eigenvalue weighted by molar-refractivity contribution is -0.148. The normalized spacial score (nSPS) is 16.0. The van der Waals surface area contributed by atoms with Gasteiger partial charge in [0, 0.05) is 31.9 Å². The zero-order valence-corrected chi connectivity index (χ0v) is 19.8. The molecule has 1 aliphatic rings. The van der Waals surface area contributed by atoms with Crippen LogP contribution in [0.25, 0.3) is 16.8 Å². The van der Waals surface area contributed by atoms with E-state index in [1.807, 2.05) is 4.90 Å². The number of allylic oxidation sites excluding steroid dienone is 2. The van der Waals surface area contributed by atoms with Gasteiger partial charge >= 0.3 is 12.1 Å². The second-order valence-corrected chi connectivity index (χ2v) is 8.16. The molecule has 2 heterocycles. The standard InChI is InChI=1S/C23H25ClF3N5O2/c1-4-34-21(33)16-9-11-32(12-10-16)22-29-19(14(2)18(24)13-28-3)20(30-31-22)15-5-7-17(8-6-15)23(25,26)27/h5-8,13,16H,4,9-12H2,1-3H3/b18-14-,28-13?. The van der Waals surface area contributed by atoms with Gasteiger partial charge in [-0.3, -0.25) is 9.79 Å². The van der Waals surface area contributed by atoms with Crippen molar-refractivity contribution in [3.05, 3.63) is 40.6 Å². The number of nitrogens with zero attached hydrogens (tertiary/aromatic N) is 5. The number of benzene rings is 1. The van der Waals surface area contributed by atoms with Crippen LogP contribution in [0.5, 0.6) is 0 Å². The van der Waals surface area contributed by atoms with Gasteiger partial charge in [-0.15, -0.1) is 10.2 Å². The molecule has 34 heavy (non-hydrogen) atoms. The summed E-state index contributed by atoms with van der Waals surface area (Å²) in [6.07, 6.45) is -1.80. The van der Waals surface area contributed by atoms with Gasteiger partial charge in [-0.25, -0.2) is 4.98 Å². The molecule has 0 bridgehead atoms. The lowest BCUT2D eigenvalue weighted by Crippen LogP contribution is -2.38. The number of carbonyl (C=O) groups excluding carboxylic acids is 1. The average Bonchev–Trinajstić information content (AvgIpc) is 2.83. The Kier molecular flexibility index (Phi) is 8.24. The van der Waals surface area contributed by atoms with Crippen LogP contribution in [0.1, 0.15) is 37.9 Å². The van der Waals surface area contributed by atoms with Crippen molar-refractivity contribution in [2.45, 2.75) is 32.9 Å². The molecule has 0 atom stereocenters. The van der Waals surface area contributed by atoms with Crippen molar-refractivity contribution in [2.75, 3.05) is 31.6 Å². The number of aromatic nitrogens is 3. The molecule has 0 aliphatic carbocycles. The predicted molar refractivity (Wildman–Crippen MR) is 125 cm³/mol. The molecular formula is C23H25ClF3N5O2. The van der Waals surface area contributed by atoms with Gasteiger partial charge in [0.1, 0.15) is 5.69 Å². The summed E-state index contributed by atoms with van der Waals surface area (Å²) in [5.41, 5.74) is 0.914. The molecule has 0 spiro atoms. The van der Waals surface area contributed by atoms with Crippen LogP contribution in [0, 0.1) is 5.92 Å². The number of hydrogen-bond acceptors (Lipinski definition) is 7. The maximum Gasteiger partial charge on any atom is 0.416 e. The first-order chi connectivity index (χ1) is 16.2. The molecule has 0 unspecified atom stereocenters. The number of aliphatic imine (C=N–C) groups is 1. The highest BCUT2D eigenvalue weighted by atomic mass is 35.5. The van der Waals surface area contributed by atoms with Crippen molar-refractivity contribution in [2.24, 2.45) is 10.9 Å². The Morgan fingerprint density at radius 3 is 2.44 bits per heavy atom. The molecule has 1 fully saturated rings. The Bertz CT molecular complexity index is 1080. The molecule has 0 radical (unpaired) electrons. The molecule has 11 heteroatoms. The number of piperidine rings is 1. The van der Waals surface area contributed by atoms with Crippen LogP contribution < -0.4 is 4.90 Å². The number of carbonyl (C=O) groups is 1. The fourth-order valence-corrected chi connectivity index (χ4v) is 3.81. The Balaban J connectivity index is 1.96. The van der Waals surface area contributed by atoms with Crippen LogP contribution in [0.15, 0.2) is 34.3 Å². The van der Waals surface area contributed by atoms with Gasteiger partial charge in [-0.2, -0.15) is 13.2 Å². The van der Waals surface area contributed by atoms with E-state index in [1.165, 1.54) is 18.3 Å². The zero-order chi connectivity index (χ0) is 24.9. The van der Waals surface area contributed by atoms with Crippen molar-refractivity contribution >= 4 is 35.3 Å². The summed E-state index contributed by atoms with van der Waals surface area (Å²) < 4.78 is 44.1. The van der Waals surface area contributed by atoms with Crippen LogP contribution >= 0.6 is 11.6 Å². The molecule has 1 aromatic carbocycles. The second-order valence-electron chi connectivity index (χ2n) is 7.76. The first-order valence-corrected chi connectivity index (χ1v) is 11.2. The fraction of sp³-hybridized carbons (Fsp3) is 0.435. The minimum atomic E-state index is -4.44. The van der Waals surface area contributed by atoms with Crippen molar-refractivity contribution in [3.63, 3.8) is 0 Å². The molecule has 7 nitrogen and oxygen atoms in total. The number of alkyl halides is 3. The largest absolute Gasteiger partial charge is 0.466 e. The molecule has 0 saturated carbocycles. The lowest BCUT2D eigenvalue weighted by Gasteiger charge is -2.30. The topological polar surface area (TPSA) is 80.6 Å². The quantitative estimate of drug-likeness (QED) is 0.414. The van der Waals surface area contributed by atoms with Crippen LogP contribution in [-0.4, -0.2) is 54.1 Å². The van der Waals surface area contributed by atoms with Crippen LogP contribution in [0.4, 0.5) is 19.1 Å². The third kappa shape index (κ3) is 5.91. The highest BCUT2D eigenvalue weighted by molar-refractivity contribution is 6.42. The summed E-state index contributed by atoms with van der Waals surface area (Å²) in [6.45, 7) is 4.93. The minimum Gasteiger partial charge on any atom is -0.466 e. The third-order valence-corrected chi connectivity index (χ3v) is 5.90. The molecule has 1 saturated heterocycles.